The number of ether oxygens (including phenoxy) is 1. The molecule has 0 aromatic heterocycles. The van der Waals surface area contributed by atoms with Gasteiger partial charge in [0, 0.05) is 13.0 Å². The lowest BCUT2D eigenvalue weighted by molar-refractivity contribution is -0.250. The van der Waals surface area contributed by atoms with Crippen LogP contribution in [-0.2, 0) is 9.53 Å². The summed E-state index contributed by atoms with van der Waals surface area (Å²) in [6.07, 6.45) is 33.7. The Balaban J connectivity index is 1.06. The third-order valence-electron chi connectivity index (χ3n) is 17.2. The fourth-order valence-electron chi connectivity index (χ4n) is 14.3. The number of carbonyl (C=O) groups excluding carboxylic acids is 1. The van der Waals surface area contributed by atoms with Gasteiger partial charge in [-0.15, -0.1) is 0 Å². The standard InChI is InChI=1S/C46H80O2/c1-35(2)36-25-28-43(5)31-32-45(7)37(41(36)43)23-24-39-44(6)29-27-40(42(3,4)38(44)26-30-46(39,45)8)48-34-22-20-18-16-14-12-10-9-11-13-15-17-19-21-33-47/h33,36-41H,1,9-32,34H2,2-8H3/t36-,37-,38+,39-,40+,41-,43+,44-,45+,46+/m0/s1. The molecule has 5 aliphatic rings. The molecule has 5 rings (SSSR count). The van der Waals surface area contributed by atoms with E-state index in [1.165, 1.54) is 147 Å². The highest BCUT2D eigenvalue weighted by molar-refractivity contribution is 5.48. The van der Waals surface area contributed by atoms with Gasteiger partial charge < -0.3 is 9.53 Å². The van der Waals surface area contributed by atoms with Crippen molar-refractivity contribution in [1.82, 2.24) is 0 Å². The van der Waals surface area contributed by atoms with Crippen molar-refractivity contribution in [3.8, 4) is 0 Å². The summed E-state index contributed by atoms with van der Waals surface area (Å²) in [5, 5.41) is 0. The number of fused-ring (bicyclic) bond motifs is 7. The van der Waals surface area contributed by atoms with E-state index in [0.717, 1.165) is 55.3 Å². The van der Waals surface area contributed by atoms with Crippen molar-refractivity contribution < 1.29 is 9.53 Å². The number of unbranched alkanes of at least 4 members (excludes halogenated alkanes) is 13. The summed E-state index contributed by atoms with van der Waals surface area (Å²) in [5.41, 5.74) is 3.69. The van der Waals surface area contributed by atoms with Gasteiger partial charge in [0.2, 0.25) is 0 Å². The largest absolute Gasteiger partial charge is 0.378 e. The van der Waals surface area contributed by atoms with Crippen molar-refractivity contribution in [2.75, 3.05) is 6.61 Å². The van der Waals surface area contributed by atoms with Gasteiger partial charge in [0.1, 0.15) is 6.29 Å². The minimum atomic E-state index is 0.267. The van der Waals surface area contributed by atoms with Gasteiger partial charge in [0.15, 0.2) is 0 Å². The van der Waals surface area contributed by atoms with E-state index in [-0.39, 0.29) is 5.41 Å². The highest BCUT2D eigenvalue weighted by Gasteiger charge is 2.70. The van der Waals surface area contributed by atoms with E-state index in [4.69, 9.17) is 4.74 Å². The second-order valence-electron chi connectivity index (χ2n) is 20.1. The maximum Gasteiger partial charge on any atom is 0.119 e. The molecule has 0 aliphatic heterocycles. The second-order valence-corrected chi connectivity index (χ2v) is 20.1. The zero-order chi connectivity index (χ0) is 34.6. The van der Waals surface area contributed by atoms with E-state index in [2.05, 4.69) is 55.0 Å². The zero-order valence-electron chi connectivity index (χ0n) is 33.2. The maximum atomic E-state index is 10.4. The van der Waals surface area contributed by atoms with Gasteiger partial charge in [-0.2, -0.15) is 0 Å². The van der Waals surface area contributed by atoms with Crippen LogP contribution in [0.25, 0.3) is 0 Å². The van der Waals surface area contributed by atoms with Crippen molar-refractivity contribution >= 4 is 6.29 Å². The summed E-state index contributed by atoms with van der Waals surface area (Å²) in [6, 6.07) is 0. The highest BCUT2D eigenvalue weighted by Crippen LogP contribution is 2.77. The number of hydrogen-bond donors (Lipinski definition) is 0. The molecule has 0 heterocycles. The Morgan fingerprint density at radius 2 is 1.25 bits per heavy atom. The third kappa shape index (κ3) is 7.33. The minimum Gasteiger partial charge on any atom is -0.378 e. The van der Waals surface area contributed by atoms with Crippen LogP contribution in [0.3, 0.4) is 0 Å². The van der Waals surface area contributed by atoms with Crippen molar-refractivity contribution in [2.45, 2.75) is 209 Å². The SMILES string of the molecule is C=C(C)[C@@H]1CC[C@]2(C)CC[C@]3(C)[C@@H](CC[C@H]4[C@@]5(C)CC[C@@H](OCCCCCCCCCCCCCCCC=O)C(C)(C)[C@H]5CC[C@]43C)[C@H]12. The van der Waals surface area contributed by atoms with Crippen LogP contribution in [0.4, 0.5) is 0 Å². The van der Waals surface area contributed by atoms with Crippen molar-refractivity contribution in [2.24, 2.45) is 56.7 Å². The summed E-state index contributed by atoms with van der Waals surface area (Å²) < 4.78 is 6.84. The second kappa shape index (κ2) is 15.9. The lowest BCUT2D eigenvalue weighted by atomic mass is 9.32. The topological polar surface area (TPSA) is 26.3 Å². The van der Waals surface area contributed by atoms with Gasteiger partial charge in [-0.1, -0.05) is 124 Å². The molecule has 2 heteroatoms. The summed E-state index contributed by atoms with van der Waals surface area (Å²) in [6.45, 7) is 24.1. The lowest BCUT2D eigenvalue weighted by Crippen LogP contribution is -2.66. The van der Waals surface area contributed by atoms with Crippen molar-refractivity contribution in [3.63, 3.8) is 0 Å². The molecule has 276 valence electrons. The molecule has 0 radical (unpaired) electrons. The Morgan fingerprint density at radius 3 is 1.85 bits per heavy atom. The van der Waals surface area contributed by atoms with Gasteiger partial charge in [-0.3, -0.25) is 0 Å². The van der Waals surface area contributed by atoms with E-state index in [0.29, 0.717) is 27.8 Å². The van der Waals surface area contributed by atoms with E-state index in [1.54, 1.807) is 0 Å². The van der Waals surface area contributed by atoms with Gasteiger partial charge in [-0.05, 0) is 141 Å². The number of hydrogen-bond acceptors (Lipinski definition) is 2. The first-order valence-electron chi connectivity index (χ1n) is 21.6. The van der Waals surface area contributed by atoms with E-state index in [9.17, 15) is 4.79 Å². The minimum absolute atomic E-state index is 0.267. The number of aldehydes is 1. The fraction of sp³-hybridized carbons (Fsp3) is 0.935. The molecule has 2 nitrogen and oxygen atoms in total. The molecule has 48 heavy (non-hydrogen) atoms. The van der Waals surface area contributed by atoms with Gasteiger partial charge in [0.05, 0.1) is 6.10 Å². The van der Waals surface area contributed by atoms with E-state index < -0.39 is 0 Å². The predicted molar refractivity (Wildman–Crippen MR) is 205 cm³/mol. The fourth-order valence-corrected chi connectivity index (χ4v) is 14.3. The molecule has 0 bridgehead atoms. The quantitative estimate of drug-likeness (QED) is 0.0828. The average Bonchev–Trinajstić information content (AvgIpc) is 3.40. The molecule has 5 saturated carbocycles. The number of allylic oxidation sites excluding steroid dienone is 1. The van der Waals surface area contributed by atoms with Gasteiger partial charge in [-0.25, -0.2) is 0 Å². The van der Waals surface area contributed by atoms with Crippen LogP contribution in [0, 0.1) is 56.7 Å². The molecular formula is C46H80O2. The van der Waals surface area contributed by atoms with E-state index >= 15 is 0 Å². The zero-order valence-corrected chi connectivity index (χ0v) is 33.2. The predicted octanol–water partition coefficient (Wildman–Crippen LogP) is 13.7. The molecule has 0 amide bonds. The first-order valence-corrected chi connectivity index (χ1v) is 21.6. The molecule has 0 aromatic carbocycles. The van der Waals surface area contributed by atoms with Crippen LogP contribution in [0.1, 0.15) is 203 Å². The van der Waals surface area contributed by atoms with Crippen molar-refractivity contribution in [3.05, 3.63) is 12.2 Å². The highest BCUT2D eigenvalue weighted by atomic mass is 16.5. The van der Waals surface area contributed by atoms with Crippen molar-refractivity contribution in [1.29, 1.82) is 0 Å². The first kappa shape index (κ1) is 38.6. The summed E-state index contributed by atoms with van der Waals surface area (Å²) in [4.78, 5) is 10.4. The van der Waals surface area contributed by atoms with Crippen LogP contribution >= 0.6 is 0 Å². The monoisotopic (exact) mass is 665 g/mol. The summed E-state index contributed by atoms with van der Waals surface area (Å²) in [7, 11) is 0. The Hall–Kier alpha value is -0.630. The van der Waals surface area contributed by atoms with E-state index in [1.807, 2.05) is 0 Å². The lowest BCUT2D eigenvalue weighted by Gasteiger charge is -2.73. The summed E-state index contributed by atoms with van der Waals surface area (Å²) >= 11 is 0. The molecule has 0 aromatic rings. The van der Waals surface area contributed by atoms with Crippen LogP contribution in [0.2, 0.25) is 0 Å². The Bertz CT molecular complexity index is 1060. The third-order valence-corrected chi connectivity index (χ3v) is 17.2. The molecule has 10 atom stereocenters. The Morgan fingerprint density at radius 1 is 0.646 bits per heavy atom. The molecule has 0 spiro atoms. The summed E-state index contributed by atoms with van der Waals surface area (Å²) in [5.74, 6) is 4.15. The van der Waals surface area contributed by atoms with Gasteiger partial charge >= 0.3 is 0 Å². The number of rotatable bonds is 18. The molecule has 5 fully saturated rings. The smallest absolute Gasteiger partial charge is 0.119 e. The molecule has 0 unspecified atom stereocenters. The Labute approximate surface area is 299 Å². The molecule has 5 aliphatic carbocycles. The Kier molecular flexibility index (Phi) is 12.8. The van der Waals surface area contributed by atoms with Crippen LogP contribution in [-0.4, -0.2) is 19.0 Å². The van der Waals surface area contributed by atoms with Crippen LogP contribution in [0.15, 0.2) is 12.2 Å². The number of carbonyl (C=O) groups is 1. The molecule has 0 saturated heterocycles. The first-order chi connectivity index (χ1) is 22.8. The molecule has 0 N–H and O–H groups in total. The average molecular weight is 665 g/mol. The van der Waals surface area contributed by atoms with Gasteiger partial charge in [0.25, 0.3) is 0 Å². The maximum absolute atomic E-state index is 10.4. The van der Waals surface area contributed by atoms with Crippen LogP contribution in [0.5, 0.6) is 0 Å². The molecular weight excluding hydrogens is 585 g/mol. The van der Waals surface area contributed by atoms with Crippen LogP contribution < -0.4 is 0 Å². The normalized spacial score (nSPS) is 41.6.